The lowest BCUT2D eigenvalue weighted by Crippen LogP contribution is -1.91. The SMILES string of the molecule is COc1ccc2nc(C3CC3(C)C)[nH]c2c1. The first-order chi connectivity index (χ1) is 7.60. The van der Waals surface area contributed by atoms with Crippen molar-refractivity contribution in [1.29, 1.82) is 0 Å². The lowest BCUT2D eigenvalue weighted by atomic mass is 10.1. The van der Waals surface area contributed by atoms with Crippen LogP contribution >= 0.6 is 0 Å². The largest absolute Gasteiger partial charge is 0.497 e. The van der Waals surface area contributed by atoms with Gasteiger partial charge in [0.1, 0.15) is 11.6 Å². The Morgan fingerprint density at radius 1 is 1.44 bits per heavy atom. The van der Waals surface area contributed by atoms with Gasteiger partial charge in [-0.3, -0.25) is 0 Å². The summed E-state index contributed by atoms with van der Waals surface area (Å²) in [5, 5.41) is 0. The van der Waals surface area contributed by atoms with E-state index in [1.807, 2.05) is 18.2 Å². The molecule has 0 aliphatic heterocycles. The maximum absolute atomic E-state index is 5.20. The molecule has 1 atom stereocenters. The molecule has 1 aromatic heterocycles. The Kier molecular flexibility index (Phi) is 1.82. The highest BCUT2D eigenvalue weighted by molar-refractivity contribution is 5.77. The third kappa shape index (κ3) is 1.39. The molecule has 0 amide bonds. The lowest BCUT2D eigenvalue weighted by Gasteiger charge is -1.98. The summed E-state index contributed by atoms with van der Waals surface area (Å²) in [6, 6.07) is 5.95. The van der Waals surface area contributed by atoms with Gasteiger partial charge in [-0.05, 0) is 24.0 Å². The number of aromatic nitrogens is 2. The van der Waals surface area contributed by atoms with Gasteiger partial charge in [0.2, 0.25) is 0 Å². The number of imidazole rings is 1. The zero-order valence-electron chi connectivity index (χ0n) is 9.87. The highest BCUT2D eigenvalue weighted by Gasteiger charge is 2.48. The van der Waals surface area contributed by atoms with Crippen LogP contribution in [0.2, 0.25) is 0 Å². The second-order valence-electron chi connectivity index (χ2n) is 5.25. The fourth-order valence-corrected chi connectivity index (χ4v) is 2.23. The summed E-state index contributed by atoms with van der Waals surface area (Å²) in [6.07, 6.45) is 1.23. The topological polar surface area (TPSA) is 37.9 Å². The predicted octanol–water partition coefficient (Wildman–Crippen LogP) is 3.09. The molecule has 1 heterocycles. The predicted molar refractivity (Wildman–Crippen MR) is 63.8 cm³/mol. The Balaban J connectivity index is 2.03. The molecule has 1 fully saturated rings. The molecular weight excluding hydrogens is 200 g/mol. The van der Waals surface area contributed by atoms with Crippen molar-refractivity contribution in [1.82, 2.24) is 9.97 Å². The minimum atomic E-state index is 0.415. The summed E-state index contributed by atoms with van der Waals surface area (Å²) >= 11 is 0. The monoisotopic (exact) mass is 216 g/mol. The molecule has 16 heavy (non-hydrogen) atoms. The molecule has 0 spiro atoms. The Bertz CT molecular complexity index is 542. The van der Waals surface area contributed by atoms with Crippen LogP contribution in [0, 0.1) is 5.41 Å². The first-order valence-electron chi connectivity index (χ1n) is 5.64. The summed E-state index contributed by atoms with van der Waals surface area (Å²) in [7, 11) is 1.68. The lowest BCUT2D eigenvalue weighted by molar-refractivity contribution is 0.415. The molecule has 1 N–H and O–H groups in total. The average Bonchev–Trinajstić information content (AvgIpc) is 2.74. The number of rotatable bonds is 2. The molecule has 3 heteroatoms. The average molecular weight is 216 g/mol. The van der Waals surface area contributed by atoms with Crippen molar-refractivity contribution < 1.29 is 4.74 Å². The zero-order valence-corrected chi connectivity index (χ0v) is 9.87. The number of benzene rings is 1. The highest BCUT2D eigenvalue weighted by Crippen LogP contribution is 2.57. The summed E-state index contributed by atoms with van der Waals surface area (Å²) in [6.45, 7) is 4.57. The zero-order chi connectivity index (χ0) is 11.3. The highest BCUT2D eigenvalue weighted by atomic mass is 16.5. The molecule has 0 radical (unpaired) electrons. The van der Waals surface area contributed by atoms with Crippen LogP contribution < -0.4 is 4.74 Å². The number of hydrogen-bond acceptors (Lipinski definition) is 2. The molecule has 1 unspecified atom stereocenters. The van der Waals surface area contributed by atoms with Gasteiger partial charge in [0.05, 0.1) is 18.1 Å². The van der Waals surface area contributed by atoms with Crippen LogP contribution in [0.1, 0.15) is 32.0 Å². The third-order valence-electron chi connectivity index (χ3n) is 3.55. The van der Waals surface area contributed by atoms with Crippen LogP contribution in [0.5, 0.6) is 5.75 Å². The Morgan fingerprint density at radius 3 is 2.81 bits per heavy atom. The van der Waals surface area contributed by atoms with Crippen LogP contribution in [-0.4, -0.2) is 17.1 Å². The number of aromatic amines is 1. The number of nitrogens with zero attached hydrogens (tertiary/aromatic N) is 1. The fourth-order valence-electron chi connectivity index (χ4n) is 2.23. The molecule has 1 saturated carbocycles. The normalized spacial score (nSPS) is 22.3. The van der Waals surface area contributed by atoms with Gasteiger partial charge in [0.15, 0.2) is 0 Å². The number of methoxy groups -OCH3 is 1. The van der Waals surface area contributed by atoms with E-state index in [2.05, 4.69) is 23.8 Å². The number of fused-ring (bicyclic) bond motifs is 1. The maximum atomic E-state index is 5.20. The summed E-state index contributed by atoms with van der Waals surface area (Å²) in [5.41, 5.74) is 2.51. The van der Waals surface area contributed by atoms with E-state index in [0.29, 0.717) is 11.3 Å². The number of nitrogens with one attached hydrogen (secondary N) is 1. The van der Waals surface area contributed by atoms with Gasteiger partial charge < -0.3 is 9.72 Å². The molecule has 1 aromatic carbocycles. The van der Waals surface area contributed by atoms with Crippen LogP contribution in [0.15, 0.2) is 18.2 Å². The van der Waals surface area contributed by atoms with E-state index >= 15 is 0 Å². The van der Waals surface area contributed by atoms with E-state index < -0.39 is 0 Å². The van der Waals surface area contributed by atoms with Crippen molar-refractivity contribution >= 4 is 11.0 Å². The minimum Gasteiger partial charge on any atom is -0.497 e. The minimum absolute atomic E-state index is 0.415. The molecule has 3 rings (SSSR count). The Labute approximate surface area is 94.8 Å². The second kappa shape index (κ2) is 3.00. The summed E-state index contributed by atoms with van der Waals surface area (Å²) < 4.78 is 5.20. The molecular formula is C13H16N2O. The van der Waals surface area contributed by atoms with Crippen molar-refractivity contribution in [3.05, 3.63) is 24.0 Å². The molecule has 2 aromatic rings. The van der Waals surface area contributed by atoms with E-state index in [1.54, 1.807) is 7.11 Å². The van der Waals surface area contributed by atoms with E-state index in [9.17, 15) is 0 Å². The molecule has 3 nitrogen and oxygen atoms in total. The van der Waals surface area contributed by atoms with Crippen molar-refractivity contribution in [2.45, 2.75) is 26.2 Å². The Hall–Kier alpha value is -1.51. The molecule has 0 bridgehead atoms. The second-order valence-corrected chi connectivity index (χ2v) is 5.25. The van der Waals surface area contributed by atoms with Gasteiger partial charge in [-0.1, -0.05) is 13.8 Å². The first-order valence-corrected chi connectivity index (χ1v) is 5.64. The van der Waals surface area contributed by atoms with Gasteiger partial charge >= 0.3 is 0 Å². The van der Waals surface area contributed by atoms with Gasteiger partial charge in [0.25, 0.3) is 0 Å². The molecule has 84 valence electrons. The first kappa shape index (κ1) is 9.70. The third-order valence-corrected chi connectivity index (χ3v) is 3.55. The van der Waals surface area contributed by atoms with E-state index in [0.717, 1.165) is 22.6 Å². The number of H-pyrrole nitrogens is 1. The Morgan fingerprint density at radius 2 is 2.19 bits per heavy atom. The molecule has 0 saturated heterocycles. The van der Waals surface area contributed by atoms with Crippen LogP contribution in [0.3, 0.4) is 0 Å². The fraction of sp³-hybridized carbons (Fsp3) is 0.462. The van der Waals surface area contributed by atoms with Crippen molar-refractivity contribution in [3.63, 3.8) is 0 Å². The number of ether oxygens (including phenoxy) is 1. The van der Waals surface area contributed by atoms with Crippen molar-refractivity contribution in [2.75, 3.05) is 7.11 Å². The quantitative estimate of drug-likeness (QED) is 0.837. The standard InChI is InChI=1S/C13H16N2O/c1-13(2)7-9(13)12-14-10-5-4-8(16-3)6-11(10)15-12/h4-6,9H,7H2,1-3H3,(H,14,15). The van der Waals surface area contributed by atoms with Gasteiger partial charge in [-0.25, -0.2) is 4.98 Å². The summed E-state index contributed by atoms with van der Waals surface area (Å²) in [4.78, 5) is 8.03. The van der Waals surface area contributed by atoms with E-state index in [1.165, 1.54) is 6.42 Å². The van der Waals surface area contributed by atoms with Crippen molar-refractivity contribution in [3.8, 4) is 5.75 Å². The smallest absolute Gasteiger partial charge is 0.121 e. The molecule has 1 aliphatic carbocycles. The van der Waals surface area contributed by atoms with Gasteiger partial charge in [0, 0.05) is 12.0 Å². The van der Waals surface area contributed by atoms with Crippen LogP contribution in [-0.2, 0) is 0 Å². The van der Waals surface area contributed by atoms with Gasteiger partial charge in [-0.2, -0.15) is 0 Å². The van der Waals surface area contributed by atoms with Gasteiger partial charge in [-0.15, -0.1) is 0 Å². The van der Waals surface area contributed by atoms with Crippen LogP contribution in [0.4, 0.5) is 0 Å². The molecule has 1 aliphatic rings. The maximum Gasteiger partial charge on any atom is 0.121 e. The van der Waals surface area contributed by atoms with Crippen LogP contribution in [0.25, 0.3) is 11.0 Å². The van der Waals surface area contributed by atoms with E-state index in [4.69, 9.17) is 4.74 Å². The van der Waals surface area contributed by atoms with E-state index in [-0.39, 0.29) is 0 Å². The number of hydrogen-bond donors (Lipinski definition) is 1. The summed E-state index contributed by atoms with van der Waals surface area (Å²) in [5.74, 6) is 2.58. The van der Waals surface area contributed by atoms with Crippen molar-refractivity contribution in [2.24, 2.45) is 5.41 Å².